The fraction of sp³-hybridized carbons (Fsp3) is 0.364. The Bertz CT molecular complexity index is 936. The maximum absolute atomic E-state index is 12.4. The molecule has 0 amide bonds. The van der Waals surface area contributed by atoms with Crippen LogP contribution in [-0.2, 0) is 19.4 Å². The van der Waals surface area contributed by atoms with Gasteiger partial charge < -0.3 is 9.47 Å². The number of carbonyl (C=O) groups is 2. The lowest BCUT2D eigenvalue weighted by molar-refractivity contribution is -0.138. The van der Waals surface area contributed by atoms with Gasteiger partial charge in [0, 0.05) is 0 Å². The summed E-state index contributed by atoms with van der Waals surface area (Å²) in [7, 11) is -3.31. The second kappa shape index (κ2) is 8.78. The van der Waals surface area contributed by atoms with Gasteiger partial charge in [-0.3, -0.25) is 9.59 Å². The Balaban J connectivity index is 1.64. The Kier molecular flexibility index (Phi) is 6.37. The Morgan fingerprint density at radius 1 is 0.793 bits per heavy atom. The highest BCUT2D eigenvalue weighted by Gasteiger charge is 2.40. The quantitative estimate of drug-likeness (QED) is 0.531. The third kappa shape index (κ3) is 5.67. The molecule has 0 radical (unpaired) electrons. The zero-order valence-electron chi connectivity index (χ0n) is 16.5. The SMILES string of the molecule is Cc1ccccc1OC(=O)C[C@@H]1CS(=O)(=O)C[C@@H]1CC(=O)Oc1ccccc1C. The fourth-order valence-electron chi connectivity index (χ4n) is 3.54. The van der Waals surface area contributed by atoms with Gasteiger partial charge in [-0.25, -0.2) is 8.42 Å². The van der Waals surface area contributed by atoms with E-state index in [0.29, 0.717) is 11.5 Å². The molecule has 0 bridgehead atoms. The molecule has 2 aromatic carbocycles. The molecule has 7 heteroatoms. The average Bonchev–Trinajstić information content (AvgIpc) is 2.92. The molecule has 0 saturated carbocycles. The van der Waals surface area contributed by atoms with Gasteiger partial charge in [0.05, 0.1) is 24.3 Å². The second-order valence-corrected chi connectivity index (χ2v) is 9.64. The van der Waals surface area contributed by atoms with E-state index in [1.165, 1.54) is 0 Å². The first-order chi connectivity index (χ1) is 13.7. The van der Waals surface area contributed by atoms with E-state index in [4.69, 9.17) is 9.47 Å². The van der Waals surface area contributed by atoms with E-state index >= 15 is 0 Å². The standard InChI is InChI=1S/C22H24O6S/c1-15-7-3-5-9-19(15)27-21(23)11-17-13-29(25,26)14-18(17)12-22(24)28-20-10-6-4-8-16(20)2/h3-10,17-18H,11-14H2,1-2H3/t17-,18+. The number of carbonyl (C=O) groups excluding carboxylic acids is 2. The summed E-state index contributed by atoms with van der Waals surface area (Å²) >= 11 is 0. The zero-order chi connectivity index (χ0) is 21.0. The molecule has 1 heterocycles. The number of ether oxygens (including phenoxy) is 2. The number of hydrogen-bond donors (Lipinski definition) is 0. The van der Waals surface area contributed by atoms with Crippen LogP contribution in [0.15, 0.2) is 48.5 Å². The second-order valence-electron chi connectivity index (χ2n) is 7.48. The van der Waals surface area contributed by atoms with Crippen molar-refractivity contribution >= 4 is 21.8 Å². The molecule has 2 aromatic rings. The number of esters is 2. The van der Waals surface area contributed by atoms with Crippen molar-refractivity contribution < 1.29 is 27.5 Å². The van der Waals surface area contributed by atoms with Crippen molar-refractivity contribution in [2.75, 3.05) is 11.5 Å². The Morgan fingerprint density at radius 3 is 1.55 bits per heavy atom. The third-order valence-corrected chi connectivity index (χ3v) is 6.97. The van der Waals surface area contributed by atoms with Crippen LogP contribution in [0.3, 0.4) is 0 Å². The van der Waals surface area contributed by atoms with Crippen molar-refractivity contribution in [2.24, 2.45) is 11.8 Å². The van der Waals surface area contributed by atoms with Gasteiger partial charge in [-0.15, -0.1) is 0 Å². The molecule has 29 heavy (non-hydrogen) atoms. The van der Waals surface area contributed by atoms with Crippen LogP contribution in [0.1, 0.15) is 24.0 Å². The lowest BCUT2D eigenvalue weighted by Gasteiger charge is -2.17. The fourth-order valence-corrected chi connectivity index (χ4v) is 5.76. The average molecular weight is 416 g/mol. The zero-order valence-corrected chi connectivity index (χ0v) is 17.3. The van der Waals surface area contributed by atoms with E-state index in [1.54, 1.807) is 24.3 Å². The van der Waals surface area contributed by atoms with Crippen molar-refractivity contribution in [3.63, 3.8) is 0 Å². The molecular formula is C22H24O6S. The van der Waals surface area contributed by atoms with E-state index in [1.807, 2.05) is 38.1 Å². The summed E-state index contributed by atoms with van der Waals surface area (Å²) in [5.41, 5.74) is 1.64. The highest BCUT2D eigenvalue weighted by molar-refractivity contribution is 7.91. The molecule has 1 saturated heterocycles. The summed E-state index contributed by atoms with van der Waals surface area (Å²) in [4.78, 5) is 24.7. The predicted octanol–water partition coefficient (Wildman–Crippen LogP) is 3.26. The Labute approximate surface area is 170 Å². The number of para-hydroxylation sites is 2. The van der Waals surface area contributed by atoms with Crippen molar-refractivity contribution in [3.05, 3.63) is 59.7 Å². The normalized spacial score (nSPS) is 20.2. The summed E-state index contributed by atoms with van der Waals surface area (Å²) in [6, 6.07) is 14.2. The van der Waals surface area contributed by atoms with Gasteiger partial charge in [-0.05, 0) is 48.9 Å². The molecule has 1 fully saturated rings. The maximum atomic E-state index is 12.4. The molecule has 3 rings (SSSR count). The molecule has 0 spiro atoms. The summed E-state index contributed by atoms with van der Waals surface area (Å²) in [5.74, 6) is -1.29. The first-order valence-corrected chi connectivity index (χ1v) is 11.3. The molecule has 0 aromatic heterocycles. The molecule has 0 unspecified atom stereocenters. The summed E-state index contributed by atoms with van der Waals surface area (Å²) in [6.07, 6.45) is -0.119. The smallest absolute Gasteiger partial charge is 0.311 e. The monoisotopic (exact) mass is 416 g/mol. The molecule has 1 aliphatic heterocycles. The lowest BCUT2D eigenvalue weighted by Crippen LogP contribution is -2.24. The van der Waals surface area contributed by atoms with Gasteiger partial charge in [-0.2, -0.15) is 0 Å². The van der Waals surface area contributed by atoms with Gasteiger partial charge in [0.2, 0.25) is 0 Å². The van der Waals surface area contributed by atoms with Crippen molar-refractivity contribution in [3.8, 4) is 11.5 Å². The summed E-state index contributed by atoms with van der Waals surface area (Å²) in [5, 5.41) is 0. The molecule has 1 aliphatic rings. The minimum absolute atomic E-state index is 0.0596. The number of rotatable bonds is 6. The number of sulfone groups is 1. The first kappa shape index (κ1) is 21.0. The topological polar surface area (TPSA) is 86.7 Å². The number of hydrogen-bond acceptors (Lipinski definition) is 6. The molecule has 154 valence electrons. The van der Waals surface area contributed by atoms with Gasteiger partial charge in [0.1, 0.15) is 11.5 Å². The Morgan fingerprint density at radius 2 is 1.17 bits per heavy atom. The van der Waals surface area contributed by atoms with Gasteiger partial charge in [-0.1, -0.05) is 36.4 Å². The highest BCUT2D eigenvalue weighted by Crippen LogP contribution is 2.32. The van der Waals surface area contributed by atoms with E-state index < -0.39 is 33.6 Å². The van der Waals surface area contributed by atoms with Crippen LogP contribution < -0.4 is 9.47 Å². The minimum Gasteiger partial charge on any atom is -0.426 e. The van der Waals surface area contributed by atoms with Crippen LogP contribution in [0, 0.1) is 25.7 Å². The number of aryl methyl sites for hydroxylation is 2. The van der Waals surface area contributed by atoms with Crippen molar-refractivity contribution in [2.45, 2.75) is 26.7 Å². The maximum Gasteiger partial charge on any atom is 0.311 e. The van der Waals surface area contributed by atoms with Crippen LogP contribution in [0.25, 0.3) is 0 Å². The van der Waals surface area contributed by atoms with Gasteiger partial charge in [0.15, 0.2) is 9.84 Å². The van der Waals surface area contributed by atoms with Crippen LogP contribution in [0.4, 0.5) is 0 Å². The number of benzene rings is 2. The van der Waals surface area contributed by atoms with Crippen LogP contribution in [0.5, 0.6) is 11.5 Å². The Hall–Kier alpha value is -2.67. The van der Waals surface area contributed by atoms with Gasteiger partial charge >= 0.3 is 11.9 Å². The molecule has 6 nitrogen and oxygen atoms in total. The van der Waals surface area contributed by atoms with Gasteiger partial charge in [0.25, 0.3) is 0 Å². The van der Waals surface area contributed by atoms with E-state index in [0.717, 1.165) is 11.1 Å². The molecular weight excluding hydrogens is 392 g/mol. The van der Waals surface area contributed by atoms with Crippen molar-refractivity contribution in [1.29, 1.82) is 0 Å². The van der Waals surface area contributed by atoms with Crippen molar-refractivity contribution in [1.82, 2.24) is 0 Å². The molecule has 2 atom stereocenters. The third-order valence-electron chi connectivity index (χ3n) is 5.10. The molecule has 0 aliphatic carbocycles. The predicted molar refractivity (Wildman–Crippen MR) is 108 cm³/mol. The van der Waals surface area contributed by atoms with E-state index in [-0.39, 0.29) is 24.3 Å². The summed E-state index contributed by atoms with van der Waals surface area (Å²) < 4.78 is 35.1. The van der Waals surface area contributed by atoms with Crippen LogP contribution in [0.2, 0.25) is 0 Å². The highest BCUT2D eigenvalue weighted by atomic mass is 32.2. The first-order valence-electron chi connectivity index (χ1n) is 9.46. The minimum atomic E-state index is -3.31. The largest absolute Gasteiger partial charge is 0.426 e. The van der Waals surface area contributed by atoms with E-state index in [2.05, 4.69) is 0 Å². The van der Waals surface area contributed by atoms with Crippen LogP contribution >= 0.6 is 0 Å². The summed E-state index contributed by atoms with van der Waals surface area (Å²) in [6.45, 7) is 3.65. The van der Waals surface area contributed by atoms with E-state index in [9.17, 15) is 18.0 Å². The lowest BCUT2D eigenvalue weighted by atomic mass is 9.90. The molecule has 0 N–H and O–H groups in total. The van der Waals surface area contributed by atoms with Crippen LogP contribution in [-0.4, -0.2) is 31.9 Å².